The predicted molar refractivity (Wildman–Crippen MR) is 121 cm³/mol. The third-order valence-corrected chi connectivity index (χ3v) is 5.45. The molecule has 0 saturated heterocycles. The van der Waals surface area contributed by atoms with Crippen molar-refractivity contribution in [2.75, 3.05) is 11.9 Å². The molecule has 3 aromatic heterocycles. The third kappa shape index (κ3) is 3.51. The van der Waals surface area contributed by atoms with Crippen LogP contribution in [0.5, 0.6) is 0 Å². The molecular weight excluding hydrogens is 390 g/mol. The van der Waals surface area contributed by atoms with Crippen LogP contribution in [0.2, 0.25) is 0 Å². The fraction of sp³-hybridized carbons (Fsp3) is 0.217. The van der Waals surface area contributed by atoms with Gasteiger partial charge in [-0.25, -0.2) is 14.3 Å². The maximum atomic E-state index is 13.0. The van der Waals surface area contributed by atoms with Crippen molar-refractivity contribution in [1.29, 1.82) is 0 Å². The molecule has 4 heterocycles. The van der Waals surface area contributed by atoms with Gasteiger partial charge >= 0.3 is 0 Å². The van der Waals surface area contributed by atoms with Crippen molar-refractivity contribution < 1.29 is 0 Å². The monoisotopic (exact) mass is 413 g/mol. The third-order valence-electron chi connectivity index (χ3n) is 5.45. The fourth-order valence-corrected chi connectivity index (χ4v) is 3.98. The minimum absolute atomic E-state index is 0.155. The molecule has 1 aliphatic heterocycles. The molecule has 0 bridgehead atoms. The van der Waals surface area contributed by atoms with Crippen molar-refractivity contribution in [2.45, 2.75) is 26.4 Å². The van der Waals surface area contributed by atoms with Crippen molar-refractivity contribution >= 4 is 22.7 Å². The van der Waals surface area contributed by atoms with Crippen LogP contribution in [0.1, 0.15) is 16.8 Å². The largest absolute Gasteiger partial charge is 0.324 e. The van der Waals surface area contributed by atoms with E-state index < -0.39 is 0 Å². The van der Waals surface area contributed by atoms with Crippen molar-refractivity contribution in [3.05, 3.63) is 82.6 Å². The number of allylic oxidation sites excluding steroid dienone is 1. The van der Waals surface area contributed by atoms with Crippen molar-refractivity contribution in [3.63, 3.8) is 0 Å². The molecule has 0 fully saturated rings. The van der Waals surface area contributed by atoms with Crippen LogP contribution >= 0.6 is 0 Å². The minimum atomic E-state index is -0.155. The second kappa shape index (κ2) is 7.81. The van der Waals surface area contributed by atoms with Gasteiger partial charge < -0.3 is 10.6 Å². The summed E-state index contributed by atoms with van der Waals surface area (Å²) >= 11 is 0. The Bertz CT molecular complexity index is 1350. The number of nitrogens with zero attached hydrogens (tertiary/aromatic N) is 5. The molecule has 0 saturated carbocycles. The van der Waals surface area contributed by atoms with E-state index in [0.29, 0.717) is 23.5 Å². The first-order valence-corrected chi connectivity index (χ1v) is 10.3. The average Bonchev–Trinajstić information content (AvgIpc) is 3.05. The summed E-state index contributed by atoms with van der Waals surface area (Å²) in [5.41, 5.74) is 5.62. The summed E-state index contributed by atoms with van der Waals surface area (Å²) in [6, 6.07) is 10.1. The quantitative estimate of drug-likeness (QED) is 0.489. The zero-order valence-electron chi connectivity index (χ0n) is 17.3. The van der Waals surface area contributed by atoms with Gasteiger partial charge in [-0.15, -0.1) is 6.58 Å². The molecule has 5 rings (SSSR count). The predicted octanol–water partition coefficient (Wildman–Crippen LogP) is 2.86. The average molecular weight is 413 g/mol. The van der Waals surface area contributed by atoms with Gasteiger partial charge in [0, 0.05) is 30.3 Å². The Kier molecular flexibility index (Phi) is 4.83. The number of aromatic nitrogens is 5. The Labute approximate surface area is 179 Å². The highest BCUT2D eigenvalue weighted by Gasteiger charge is 2.17. The summed E-state index contributed by atoms with van der Waals surface area (Å²) in [6.45, 7) is 7.94. The smallest absolute Gasteiger partial charge is 0.278 e. The summed E-state index contributed by atoms with van der Waals surface area (Å²) in [7, 11) is 0. The highest BCUT2D eigenvalue weighted by atomic mass is 16.1. The number of pyridine rings is 1. The molecule has 0 atom stereocenters. The van der Waals surface area contributed by atoms with Crippen molar-refractivity contribution in [1.82, 2.24) is 29.6 Å². The molecule has 156 valence electrons. The second-order valence-corrected chi connectivity index (χ2v) is 7.61. The van der Waals surface area contributed by atoms with E-state index in [1.807, 2.05) is 25.1 Å². The van der Waals surface area contributed by atoms with Gasteiger partial charge in [0.05, 0.1) is 12.2 Å². The summed E-state index contributed by atoms with van der Waals surface area (Å²) in [5.74, 6) is 0.441. The van der Waals surface area contributed by atoms with Crippen LogP contribution in [0.4, 0.5) is 11.6 Å². The molecule has 0 amide bonds. The van der Waals surface area contributed by atoms with Gasteiger partial charge in [-0.2, -0.15) is 4.98 Å². The van der Waals surface area contributed by atoms with E-state index >= 15 is 0 Å². The molecule has 0 radical (unpaired) electrons. The van der Waals surface area contributed by atoms with Crippen LogP contribution in [-0.4, -0.2) is 30.9 Å². The first-order valence-electron chi connectivity index (χ1n) is 10.3. The van der Waals surface area contributed by atoms with E-state index in [0.717, 1.165) is 36.6 Å². The Morgan fingerprint density at radius 2 is 2.13 bits per heavy atom. The number of nitrogens with one attached hydrogen (secondary N) is 2. The SMILES string of the molecule is C=CCn1c(=O)c2cnc(Nc3ccc4c(c3)CCNC4)nc2n1-c1ccnc(C)c1. The molecule has 31 heavy (non-hydrogen) atoms. The van der Waals surface area contributed by atoms with E-state index in [4.69, 9.17) is 4.98 Å². The highest BCUT2D eigenvalue weighted by Crippen LogP contribution is 2.22. The van der Waals surface area contributed by atoms with Gasteiger partial charge in [-0.3, -0.25) is 9.78 Å². The molecule has 1 aromatic carbocycles. The van der Waals surface area contributed by atoms with Crippen molar-refractivity contribution in [3.8, 4) is 5.69 Å². The number of anilines is 2. The maximum absolute atomic E-state index is 13.0. The molecule has 2 N–H and O–H groups in total. The zero-order valence-corrected chi connectivity index (χ0v) is 17.3. The van der Waals surface area contributed by atoms with Crippen LogP contribution in [0, 0.1) is 6.92 Å². The first kappa shape index (κ1) is 19.2. The number of hydrogen-bond acceptors (Lipinski definition) is 6. The molecule has 0 unspecified atom stereocenters. The zero-order chi connectivity index (χ0) is 21.4. The summed E-state index contributed by atoms with van der Waals surface area (Å²) in [6.07, 6.45) is 6.00. The summed E-state index contributed by atoms with van der Waals surface area (Å²) in [4.78, 5) is 26.4. The Morgan fingerprint density at radius 3 is 2.97 bits per heavy atom. The van der Waals surface area contributed by atoms with Gasteiger partial charge in [-0.1, -0.05) is 12.1 Å². The summed E-state index contributed by atoms with van der Waals surface area (Å²) in [5, 5.41) is 7.14. The van der Waals surface area contributed by atoms with Gasteiger partial charge in [0.1, 0.15) is 5.39 Å². The lowest BCUT2D eigenvalue weighted by Crippen LogP contribution is -2.23. The second-order valence-electron chi connectivity index (χ2n) is 7.61. The molecular formula is C23H23N7O. The Balaban J connectivity index is 1.61. The Morgan fingerprint density at radius 1 is 1.23 bits per heavy atom. The van der Waals surface area contributed by atoms with Crippen molar-refractivity contribution in [2.24, 2.45) is 0 Å². The first-order chi connectivity index (χ1) is 15.1. The maximum Gasteiger partial charge on any atom is 0.278 e. The van der Waals surface area contributed by atoms with Gasteiger partial charge in [-0.05, 0) is 55.3 Å². The van der Waals surface area contributed by atoms with E-state index in [1.165, 1.54) is 11.1 Å². The van der Waals surface area contributed by atoms with Crippen LogP contribution in [0.3, 0.4) is 0 Å². The molecule has 8 nitrogen and oxygen atoms in total. The molecule has 1 aliphatic rings. The number of hydrogen-bond donors (Lipinski definition) is 2. The fourth-order valence-electron chi connectivity index (χ4n) is 3.98. The topological polar surface area (TPSA) is 89.7 Å². The number of rotatable bonds is 5. The van der Waals surface area contributed by atoms with E-state index in [1.54, 1.807) is 27.8 Å². The van der Waals surface area contributed by atoms with Gasteiger partial charge in [0.25, 0.3) is 5.56 Å². The molecule has 4 aromatic rings. The molecule has 8 heteroatoms. The lowest BCUT2D eigenvalue weighted by Gasteiger charge is -2.18. The number of aryl methyl sites for hydroxylation is 1. The number of fused-ring (bicyclic) bond motifs is 2. The molecule has 0 spiro atoms. The van der Waals surface area contributed by atoms with Gasteiger partial charge in [0.2, 0.25) is 5.95 Å². The standard InChI is InChI=1S/C23H23N7O/c1-3-10-29-22(31)20-14-26-23(27-18-5-4-17-13-24-8-6-16(17)12-18)28-21(20)30(29)19-7-9-25-15(2)11-19/h3-5,7,9,11-12,14,24H,1,6,8,10,13H2,2H3,(H,26,27,28). The van der Waals surface area contributed by atoms with E-state index in [2.05, 4.69) is 39.3 Å². The normalized spacial score (nSPS) is 13.2. The Hall–Kier alpha value is -3.78. The molecule has 0 aliphatic carbocycles. The number of benzene rings is 1. The van der Waals surface area contributed by atoms with Crippen LogP contribution in [0.25, 0.3) is 16.7 Å². The van der Waals surface area contributed by atoms with Crippen LogP contribution < -0.4 is 16.2 Å². The van der Waals surface area contributed by atoms with Gasteiger partial charge in [0.15, 0.2) is 5.65 Å². The van der Waals surface area contributed by atoms with Crippen LogP contribution in [0.15, 0.2) is 60.2 Å². The summed E-state index contributed by atoms with van der Waals surface area (Å²) < 4.78 is 3.41. The lowest BCUT2D eigenvalue weighted by molar-refractivity contribution is 0.605. The minimum Gasteiger partial charge on any atom is -0.324 e. The highest BCUT2D eigenvalue weighted by molar-refractivity contribution is 5.77. The lowest BCUT2D eigenvalue weighted by atomic mass is 10.0. The van der Waals surface area contributed by atoms with E-state index in [-0.39, 0.29) is 5.56 Å². The van der Waals surface area contributed by atoms with E-state index in [9.17, 15) is 4.79 Å². The van der Waals surface area contributed by atoms with Crippen LogP contribution in [-0.2, 0) is 19.5 Å².